The molecule has 2 amide bonds. The van der Waals surface area contributed by atoms with Crippen molar-refractivity contribution in [3.63, 3.8) is 0 Å². The second kappa shape index (κ2) is 11.3. The first kappa shape index (κ1) is 23.3. The van der Waals surface area contributed by atoms with E-state index in [0.29, 0.717) is 31.9 Å². The molecule has 0 radical (unpaired) electrons. The Kier molecular flexibility index (Phi) is 8.54. The van der Waals surface area contributed by atoms with E-state index in [1.165, 1.54) is 0 Å². The molecule has 0 aliphatic carbocycles. The minimum absolute atomic E-state index is 0.0198. The van der Waals surface area contributed by atoms with Crippen molar-refractivity contribution in [1.82, 2.24) is 10.2 Å². The van der Waals surface area contributed by atoms with Gasteiger partial charge in [-0.2, -0.15) is 0 Å². The van der Waals surface area contributed by atoms with Crippen molar-refractivity contribution < 1.29 is 24.2 Å². The molecule has 2 aliphatic rings. The molecule has 1 unspecified atom stereocenters. The first-order chi connectivity index (χ1) is 14.9. The number of aliphatic hydroxyl groups excluding tert-OH is 1. The van der Waals surface area contributed by atoms with Crippen molar-refractivity contribution in [2.45, 2.75) is 58.1 Å². The van der Waals surface area contributed by atoms with E-state index < -0.39 is 6.10 Å². The lowest BCUT2D eigenvalue weighted by Gasteiger charge is -2.33. The third kappa shape index (κ3) is 7.40. The van der Waals surface area contributed by atoms with Gasteiger partial charge in [0.2, 0.25) is 5.91 Å². The third-order valence-electron chi connectivity index (χ3n) is 5.75. The lowest BCUT2D eigenvalue weighted by Crippen LogP contribution is -2.47. The quantitative estimate of drug-likeness (QED) is 0.553. The summed E-state index contributed by atoms with van der Waals surface area (Å²) in [6.07, 6.45) is 2.68. The van der Waals surface area contributed by atoms with Gasteiger partial charge in [0.05, 0.1) is 6.61 Å². The molecular formula is C23H35N3O5. The van der Waals surface area contributed by atoms with Crippen molar-refractivity contribution in [2.75, 3.05) is 38.2 Å². The van der Waals surface area contributed by atoms with Gasteiger partial charge in [-0.25, -0.2) is 4.79 Å². The molecule has 1 fully saturated rings. The molecule has 3 N–H and O–H groups in total. The summed E-state index contributed by atoms with van der Waals surface area (Å²) in [5.74, 6) is 1.25. The molecule has 0 spiro atoms. The molecule has 0 saturated carbocycles. The first-order valence-corrected chi connectivity index (χ1v) is 11.3. The van der Waals surface area contributed by atoms with Crippen LogP contribution in [0.4, 0.5) is 10.5 Å². The van der Waals surface area contributed by atoms with Crippen LogP contribution in [0.2, 0.25) is 0 Å². The highest BCUT2D eigenvalue weighted by Gasteiger charge is 2.23. The maximum absolute atomic E-state index is 11.9. The van der Waals surface area contributed by atoms with E-state index in [2.05, 4.69) is 29.4 Å². The average Bonchev–Trinajstić information content (AvgIpc) is 2.73. The number of piperidine rings is 1. The number of aliphatic hydroxyl groups is 1. The van der Waals surface area contributed by atoms with Crippen molar-refractivity contribution in [3.05, 3.63) is 23.8 Å². The van der Waals surface area contributed by atoms with Gasteiger partial charge in [0.15, 0.2) is 0 Å². The number of amides is 2. The minimum Gasteiger partial charge on any atom is -0.490 e. The summed E-state index contributed by atoms with van der Waals surface area (Å²) in [7, 11) is 0. The highest BCUT2D eigenvalue weighted by atomic mass is 16.5. The number of alkyl carbamates (subject to hydrolysis) is 1. The van der Waals surface area contributed by atoms with Crippen LogP contribution in [0.1, 0.15) is 45.1 Å². The van der Waals surface area contributed by atoms with E-state index in [9.17, 15) is 14.7 Å². The molecule has 172 valence electrons. The fourth-order valence-corrected chi connectivity index (χ4v) is 3.92. The number of β-amino-alcohol motifs (C(OH)–C–C–N with tert-alkyl or cyclic N) is 1. The predicted octanol–water partition coefficient (Wildman–Crippen LogP) is 2.55. The second-order valence-corrected chi connectivity index (χ2v) is 8.83. The number of nitrogens with zero attached hydrogens (tertiary/aromatic N) is 1. The lowest BCUT2D eigenvalue weighted by molar-refractivity contribution is -0.116. The fraction of sp³-hybridized carbons (Fsp3) is 0.652. The highest BCUT2D eigenvalue weighted by molar-refractivity contribution is 5.94. The molecule has 1 saturated heterocycles. The van der Waals surface area contributed by atoms with Crippen LogP contribution in [0.15, 0.2) is 18.2 Å². The minimum atomic E-state index is -0.612. The zero-order valence-electron chi connectivity index (χ0n) is 18.6. The standard InChI is InChI=1S/C23H35N3O5/c1-16(2)10-13-30-23(29)24-17-8-11-26(12-9-17)14-18(27)15-31-21-5-3-4-20-19(21)6-7-22(28)25-20/h3-5,16-18,27H,6-15H2,1-2H3,(H,24,29)(H,25,28). The van der Waals surface area contributed by atoms with Gasteiger partial charge in [0, 0.05) is 43.3 Å². The van der Waals surface area contributed by atoms with E-state index in [4.69, 9.17) is 9.47 Å². The average molecular weight is 434 g/mol. The normalized spacial score (nSPS) is 18.3. The van der Waals surface area contributed by atoms with Crippen LogP contribution in [0.3, 0.4) is 0 Å². The van der Waals surface area contributed by atoms with E-state index in [0.717, 1.165) is 49.4 Å². The molecule has 8 nitrogen and oxygen atoms in total. The summed E-state index contributed by atoms with van der Waals surface area (Å²) < 4.78 is 11.1. The van der Waals surface area contributed by atoms with E-state index >= 15 is 0 Å². The summed E-state index contributed by atoms with van der Waals surface area (Å²) in [5, 5.41) is 16.2. The third-order valence-corrected chi connectivity index (χ3v) is 5.75. The Hall–Kier alpha value is -2.32. The molecule has 31 heavy (non-hydrogen) atoms. The van der Waals surface area contributed by atoms with Gasteiger partial charge in [0.1, 0.15) is 18.5 Å². The molecule has 0 aromatic heterocycles. The molecular weight excluding hydrogens is 398 g/mol. The Labute approximate surface area is 184 Å². The molecule has 1 aromatic carbocycles. The van der Waals surface area contributed by atoms with Gasteiger partial charge < -0.3 is 30.1 Å². The molecule has 2 heterocycles. The summed E-state index contributed by atoms with van der Waals surface area (Å²) in [4.78, 5) is 25.6. The molecule has 8 heteroatoms. The predicted molar refractivity (Wildman–Crippen MR) is 118 cm³/mol. The van der Waals surface area contributed by atoms with Crippen LogP contribution in [0.25, 0.3) is 0 Å². The van der Waals surface area contributed by atoms with Gasteiger partial charge in [-0.3, -0.25) is 4.79 Å². The molecule has 0 bridgehead atoms. The molecule has 2 aliphatic heterocycles. The summed E-state index contributed by atoms with van der Waals surface area (Å²) in [6.45, 7) is 6.99. The number of likely N-dealkylation sites (tertiary alicyclic amines) is 1. The summed E-state index contributed by atoms with van der Waals surface area (Å²) in [5.41, 5.74) is 1.78. The topological polar surface area (TPSA) is 100 Å². The molecule has 1 aromatic rings. The van der Waals surface area contributed by atoms with Gasteiger partial charge in [0.25, 0.3) is 0 Å². The Bertz CT molecular complexity index is 747. The number of carbonyl (C=O) groups excluding carboxylic acids is 2. The van der Waals surface area contributed by atoms with E-state index in [1.54, 1.807) is 0 Å². The van der Waals surface area contributed by atoms with E-state index in [1.807, 2.05) is 18.2 Å². The molecule has 3 rings (SSSR count). The van der Waals surface area contributed by atoms with Crippen LogP contribution in [-0.4, -0.2) is 67.0 Å². The Morgan fingerprint density at radius 1 is 1.29 bits per heavy atom. The zero-order valence-corrected chi connectivity index (χ0v) is 18.6. The summed E-state index contributed by atoms with van der Waals surface area (Å²) in [6, 6.07) is 5.70. The first-order valence-electron chi connectivity index (χ1n) is 11.3. The van der Waals surface area contributed by atoms with Crippen LogP contribution in [0, 0.1) is 5.92 Å². The van der Waals surface area contributed by atoms with Crippen LogP contribution >= 0.6 is 0 Å². The van der Waals surface area contributed by atoms with Gasteiger partial charge >= 0.3 is 6.09 Å². The van der Waals surface area contributed by atoms with Crippen molar-refractivity contribution in [1.29, 1.82) is 0 Å². The monoisotopic (exact) mass is 433 g/mol. The van der Waals surface area contributed by atoms with Crippen LogP contribution in [-0.2, 0) is 16.0 Å². The highest BCUT2D eigenvalue weighted by Crippen LogP contribution is 2.31. The smallest absolute Gasteiger partial charge is 0.407 e. The van der Waals surface area contributed by atoms with Crippen molar-refractivity contribution in [2.24, 2.45) is 5.92 Å². The molecule has 1 atom stereocenters. The largest absolute Gasteiger partial charge is 0.490 e. The number of hydrogen-bond donors (Lipinski definition) is 3. The van der Waals surface area contributed by atoms with E-state index in [-0.39, 0.29) is 24.6 Å². The van der Waals surface area contributed by atoms with Crippen LogP contribution in [0.5, 0.6) is 5.75 Å². The number of ether oxygens (including phenoxy) is 2. The van der Waals surface area contributed by atoms with Crippen molar-refractivity contribution >= 4 is 17.7 Å². The number of benzene rings is 1. The number of anilines is 1. The van der Waals surface area contributed by atoms with Gasteiger partial charge in [-0.1, -0.05) is 19.9 Å². The lowest BCUT2D eigenvalue weighted by atomic mass is 10.0. The van der Waals surface area contributed by atoms with Crippen LogP contribution < -0.4 is 15.4 Å². The number of hydrogen-bond acceptors (Lipinski definition) is 6. The SMILES string of the molecule is CC(C)CCOC(=O)NC1CCN(CC(O)COc2cccc3c2CCC(=O)N3)CC1. The fourth-order valence-electron chi connectivity index (χ4n) is 3.92. The van der Waals surface area contributed by atoms with Crippen molar-refractivity contribution in [3.8, 4) is 5.75 Å². The second-order valence-electron chi connectivity index (χ2n) is 8.83. The Balaban J connectivity index is 1.35. The maximum Gasteiger partial charge on any atom is 0.407 e. The summed E-state index contributed by atoms with van der Waals surface area (Å²) >= 11 is 0. The number of nitrogens with one attached hydrogen (secondary N) is 2. The van der Waals surface area contributed by atoms with Gasteiger partial charge in [-0.15, -0.1) is 0 Å². The number of carbonyl (C=O) groups is 2. The maximum atomic E-state index is 11.9. The zero-order chi connectivity index (χ0) is 22.2. The Morgan fingerprint density at radius 3 is 2.81 bits per heavy atom. The number of rotatable bonds is 9. The van der Waals surface area contributed by atoms with Gasteiger partial charge in [-0.05, 0) is 43.7 Å². The Morgan fingerprint density at radius 2 is 2.06 bits per heavy atom. The number of fused-ring (bicyclic) bond motifs is 1.